The Labute approximate surface area is 203 Å². The van der Waals surface area contributed by atoms with Crippen molar-refractivity contribution in [1.82, 2.24) is 3.71 Å². The molecule has 0 bridgehead atoms. The summed E-state index contributed by atoms with van der Waals surface area (Å²) in [7, 11) is -7.89. The highest BCUT2D eigenvalue weighted by Gasteiger charge is 2.48. The van der Waals surface area contributed by atoms with Crippen LogP contribution >= 0.6 is 35.8 Å². The van der Waals surface area contributed by atoms with Crippen molar-refractivity contribution in [3.8, 4) is 0 Å². The van der Waals surface area contributed by atoms with Gasteiger partial charge in [0.25, 0.3) is 20.0 Å². The van der Waals surface area contributed by atoms with Crippen LogP contribution in [0.2, 0.25) is 10.0 Å². The molecule has 13 heteroatoms. The Hall–Kier alpha value is -1.34. The molecule has 0 saturated carbocycles. The number of likely N-dealkylation sites (N-methyl/N-ethyl adjacent to an activating group) is 1. The van der Waals surface area contributed by atoms with Crippen molar-refractivity contribution in [3.63, 3.8) is 0 Å². The summed E-state index contributed by atoms with van der Waals surface area (Å²) in [5, 5.41) is 9.33. The largest absolute Gasteiger partial charge is 0.370 e. The first-order valence-corrected chi connectivity index (χ1v) is 13.5. The van der Waals surface area contributed by atoms with Crippen molar-refractivity contribution in [2.45, 2.75) is 21.6 Å². The van der Waals surface area contributed by atoms with E-state index in [0.29, 0.717) is 5.56 Å². The lowest BCUT2D eigenvalue weighted by Crippen LogP contribution is -2.62. The van der Waals surface area contributed by atoms with Crippen LogP contribution in [0.25, 0.3) is 0 Å². The van der Waals surface area contributed by atoms with Gasteiger partial charge in [-0.3, -0.25) is 4.48 Å². The van der Waals surface area contributed by atoms with Gasteiger partial charge in [-0.1, -0.05) is 26.9 Å². The van der Waals surface area contributed by atoms with Crippen molar-refractivity contribution < 1.29 is 26.1 Å². The molecule has 8 nitrogen and oxygen atoms in total. The second-order valence-electron chi connectivity index (χ2n) is 7.51. The van der Waals surface area contributed by atoms with Gasteiger partial charge in [-0.05, 0) is 48.9 Å². The standard InChI is InChI=1S/C19H21Cl2N3O5S3/c1-13-11-18(17(30)12-16(13)21)32(27,28)23(19(22)24(2)7-9-29-10-8-24)31(25,26)15-5-3-14(20)4-6-15/h3-6,11-12,22H,7-10H2,1-2H3/p+1. The molecule has 1 saturated heterocycles. The minimum Gasteiger partial charge on any atom is -0.370 e. The fourth-order valence-corrected chi connectivity index (χ4v) is 7.94. The van der Waals surface area contributed by atoms with E-state index in [4.69, 9.17) is 33.3 Å². The number of aryl methyl sites for hydroxylation is 1. The molecule has 1 fully saturated rings. The van der Waals surface area contributed by atoms with Crippen molar-refractivity contribution in [1.29, 1.82) is 5.41 Å². The smallest absolute Gasteiger partial charge is 0.326 e. The first kappa shape index (κ1) is 25.3. The predicted octanol–water partition coefficient (Wildman–Crippen LogP) is 3.38. The number of hydrogen-bond acceptors (Lipinski definition) is 7. The summed E-state index contributed by atoms with van der Waals surface area (Å²) in [6.45, 7) is 2.56. The number of nitrogens with zero attached hydrogens (tertiary/aromatic N) is 2. The lowest BCUT2D eigenvalue weighted by Gasteiger charge is -2.39. The van der Waals surface area contributed by atoms with Gasteiger partial charge in [-0.15, -0.1) is 12.6 Å². The molecule has 3 rings (SSSR count). The number of quaternary nitrogens is 1. The van der Waals surface area contributed by atoms with Gasteiger partial charge in [0.15, 0.2) is 0 Å². The van der Waals surface area contributed by atoms with Crippen LogP contribution in [0.3, 0.4) is 0 Å². The summed E-state index contributed by atoms with van der Waals surface area (Å²) < 4.78 is 60.1. The van der Waals surface area contributed by atoms with Crippen LogP contribution in [-0.2, 0) is 24.8 Å². The minimum absolute atomic E-state index is 0.0330. The Kier molecular flexibility index (Phi) is 7.21. The summed E-state index contributed by atoms with van der Waals surface area (Å²) in [4.78, 5) is -0.722. The maximum absolute atomic E-state index is 13.8. The van der Waals surface area contributed by atoms with Crippen LogP contribution in [0.4, 0.5) is 0 Å². The molecule has 174 valence electrons. The zero-order valence-corrected chi connectivity index (χ0v) is 21.3. The van der Waals surface area contributed by atoms with E-state index in [1.807, 2.05) is 0 Å². The number of morpholine rings is 1. The maximum atomic E-state index is 13.8. The molecule has 0 atom stereocenters. The van der Waals surface area contributed by atoms with E-state index < -0.39 is 26.0 Å². The van der Waals surface area contributed by atoms with Gasteiger partial charge in [0.05, 0.1) is 25.2 Å². The third kappa shape index (κ3) is 4.65. The molecule has 32 heavy (non-hydrogen) atoms. The summed E-state index contributed by atoms with van der Waals surface area (Å²) >= 11 is 16.2. The van der Waals surface area contributed by atoms with Gasteiger partial charge >= 0.3 is 5.96 Å². The summed E-state index contributed by atoms with van der Waals surface area (Å²) in [6, 6.07) is 7.64. The number of benzene rings is 2. The molecule has 0 aromatic heterocycles. The van der Waals surface area contributed by atoms with Gasteiger partial charge in [-0.25, -0.2) is 5.41 Å². The first-order chi connectivity index (χ1) is 14.8. The van der Waals surface area contributed by atoms with Crippen molar-refractivity contribution >= 4 is 61.8 Å². The Balaban J connectivity index is 2.26. The molecule has 1 N–H and O–H groups in total. The molecule has 1 aliphatic rings. The van der Waals surface area contributed by atoms with Crippen LogP contribution in [0.15, 0.2) is 51.1 Å². The highest BCUT2D eigenvalue weighted by molar-refractivity contribution is 8.05. The SMILES string of the molecule is Cc1cc(S(=O)(=O)N(C(=N)[N+]2(C)CCOCC2)S(=O)(=O)c2ccc(Cl)cc2)c(S)cc1Cl. The zero-order chi connectivity index (χ0) is 23.9. The highest BCUT2D eigenvalue weighted by Crippen LogP contribution is 2.33. The van der Waals surface area contributed by atoms with Crippen LogP contribution < -0.4 is 0 Å². The molecule has 2 aromatic rings. The number of nitrogens with one attached hydrogen (secondary N) is 1. The number of hydrogen-bond donors (Lipinski definition) is 2. The van der Waals surface area contributed by atoms with E-state index >= 15 is 0 Å². The summed E-state index contributed by atoms with van der Waals surface area (Å²) in [5.74, 6) is -0.622. The fraction of sp³-hybridized carbons (Fsp3) is 0.316. The van der Waals surface area contributed by atoms with Gasteiger partial charge in [-0.2, -0.15) is 16.8 Å². The molecule has 0 radical (unpaired) electrons. The average Bonchev–Trinajstić information content (AvgIpc) is 2.71. The third-order valence-electron chi connectivity index (χ3n) is 5.21. The minimum atomic E-state index is -4.78. The molecule has 1 heterocycles. The first-order valence-electron chi connectivity index (χ1n) is 9.37. The Bertz CT molecular complexity index is 1260. The zero-order valence-electron chi connectivity index (χ0n) is 17.2. The van der Waals surface area contributed by atoms with Crippen molar-refractivity contribution in [2.24, 2.45) is 0 Å². The number of halogens is 2. The van der Waals surface area contributed by atoms with E-state index in [2.05, 4.69) is 12.6 Å². The normalized spacial score (nSPS) is 16.5. The Morgan fingerprint density at radius 3 is 2.19 bits per heavy atom. The lowest BCUT2D eigenvalue weighted by molar-refractivity contribution is -0.834. The molecule has 0 unspecified atom stereocenters. The van der Waals surface area contributed by atoms with E-state index in [9.17, 15) is 16.8 Å². The second kappa shape index (κ2) is 9.13. The molecule has 0 spiro atoms. The van der Waals surface area contributed by atoms with Crippen LogP contribution in [0.5, 0.6) is 0 Å². The van der Waals surface area contributed by atoms with E-state index in [1.165, 1.54) is 36.4 Å². The van der Waals surface area contributed by atoms with E-state index in [1.54, 1.807) is 14.0 Å². The molecular formula is C19H22Cl2N3O5S3+. The molecule has 2 aromatic carbocycles. The lowest BCUT2D eigenvalue weighted by atomic mass is 10.2. The van der Waals surface area contributed by atoms with Gasteiger partial charge in [0, 0.05) is 14.9 Å². The predicted molar refractivity (Wildman–Crippen MR) is 126 cm³/mol. The quantitative estimate of drug-likeness (QED) is 0.268. The number of ether oxygens (including phenoxy) is 1. The van der Waals surface area contributed by atoms with Gasteiger partial charge in [0.1, 0.15) is 18.0 Å². The average molecular weight is 540 g/mol. The number of guanidine groups is 1. The van der Waals surface area contributed by atoms with Gasteiger partial charge < -0.3 is 4.74 Å². The molecule has 0 amide bonds. The van der Waals surface area contributed by atoms with Gasteiger partial charge in [0.2, 0.25) is 0 Å². The number of thiol groups is 1. The van der Waals surface area contributed by atoms with E-state index in [0.717, 1.165) is 0 Å². The van der Waals surface area contributed by atoms with Crippen molar-refractivity contribution in [3.05, 3.63) is 52.0 Å². The second-order valence-corrected chi connectivity index (χ2v) is 12.6. The van der Waals surface area contributed by atoms with E-state index in [-0.39, 0.29) is 59.2 Å². The third-order valence-corrected chi connectivity index (χ3v) is 10.5. The fourth-order valence-electron chi connectivity index (χ4n) is 3.15. The monoisotopic (exact) mass is 538 g/mol. The molecular weight excluding hydrogens is 517 g/mol. The maximum Gasteiger partial charge on any atom is 0.326 e. The molecule has 1 aliphatic heterocycles. The Morgan fingerprint density at radius 1 is 1.06 bits per heavy atom. The summed E-state index contributed by atoms with van der Waals surface area (Å²) in [5.41, 5.74) is 0.421. The number of rotatable bonds is 4. The molecule has 0 aliphatic carbocycles. The van der Waals surface area contributed by atoms with Crippen LogP contribution in [-0.4, -0.2) is 64.3 Å². The van der Waals surface area contributed by atoms with Crippen molar-refractivity contribution in [2.75, 3.05) is 33.4 Å². The van der Waals surface area contributed by atoms with Crippen LogP contribution in [0, 0.1) is 12.3 Å². The number of sulfonamides is 2. The topological polar surface area (TPSA) is 105 Å². The Morgan fingerprint density at radius 2 is 1.62 bits per heavy atom. The summed E-state index contributed by atoms with van der Waals surface area (Å²) in [6.07, 6.45) is 0. The van der Waals surface area contributed by atoms with Crippen LogP contribution in [0.1, 0.15) is 5.56 Å². The highest BCUT2D eigenvalue weighted by atomic mass is 35.5.